The molecule has 1 aromatic heterocycles. The molecule has 1 saturated heterocycles. The van der Waals surface area contributed by atoms with E-state index in [1.807, 2.05) is 30.2 Å². The molecule has 0 radical (unpaired) electrons. The molecule has 130 valence electrons. The van der Waals surface area contributed by atoms with Gasteiger partial charge in [-0.1, -0.05) is 0 Å². The molecule has 1 aromatic carbocycles. The maximum absolute atomic E-state index is 12.8. The number of aryl methyl sites for hydroxylation is 1. The minimum atomic E-state index is 0.0470. The highest BCUT2D eigenvalue weighted by atomic mass is 16.6. The van der Waals surface area contributed by atoms with Gasteiger partial charge in [0.1, 0.15) is 13.2 Å². The average molecular weight is 339 g/mol. The third-order valence-electron chi connectivity index (χ3n) is 4.76. The number of carbonyl (C=O) groups excluding carboxylic acids is 1. The van der Waals surface area contributed by atoms with E-state index in [0.29, 0.717) is 36.2 Å². The van der Waals surface area contributed by atoms with E-state index in [4.69, 9.17) is 9.47 Å². The molecule has 0 saturated carbocycles. The fraction of sp³-hybridized carbons (Fsp3) is 0.421. The molecule has 1 amide bonds. The standard InChI is InChI=1S/C19H21N3O3/c1-13-11-20-12-16(21-13)14-4-6-22(7-5-14)19(23)15-2-3-17-18(10-15)25-9-8-24-17/h2-3,10-12,14H,4-9H2,1H3. The first-order chi connectivity index (χ1) is 12.2. The van der Waals surface area contributed by atoms with Gasteiger partial charge in [0.05, 0.1) is 11.4 Å². The van der Waals surface area contributed by atoms with Crippen molar-refractivity contribution in [3.63, 3.8) is 0 Å². The quantitative estimate of drug-likeness (QED) is 0.841. The fourth-order valence-corrected chi connectivity index (χ4v) is 3.42. The zero-order chi connectivity index (χ0) is 17.2. The summed E-state index contributed by atoms with van der Waals surface area (Å²) in [5, 5.41) is 0. The molecule has 0 atom stereocenters. The molecule has 0 spiro atoms. The van der Waals surface area contributed by atoms with Crippen LogP contribution in [0.2, 0.25) is 0 Å². The number of fused-ring (bicyclic) bond motifs is 1. The minimum Gasteiger partial charge on any atom is -0.486 e. The number of hydrogen-bond acceptors (Lipinski definition) is 5. The molecule has 25 heavy (non-hydrogen) atoms. The van der Waals surface area contributed by atoms with Crippen LogP contribution in [0.1, 0.15) is 40.5 Å². The lowest BCUT2D eigenvalue weighted by Gasteiger charge is -2.32. The van der Waals surface area contributed by atoms with Crippen LogP contribution in [-0.4, -0.2) is 47.1 Å². The van der Waals surface area contributed by atoms with Crippen LogP contribution in [0.25, 0.3) is 0 Å². The molecule has 0 N–H and O–H groups in total. The number of rotatable bonds is 2. The van der Waals surface area contributed by atoms with Gasteiger partial charge in [-0.15, -0.1) is 0 Å². The SMILES string of the molecule is Cc1cncc(C2CCN(C(=O)c3ccc4c(c3)OCCO4)CC2)n1. The van der Waals surface area contributed by atoms with Crippen LogP contribution in [0, 0.1) is 6.92 Å². The lowest BCUT2D eigenvalue weighted by atomic mass is 9.93. The second-order valence-corrected chi connectivity index (χ2v) is 6.51. The zero-order valence-electron chi connectivity index (χ0n) is 14.3. The minimum absolute atomic E-state index is 0.0470. The molecule has 2 aliphatic rings. The van der Waals surface area contributed by atoms with Crippen LogP contribution in [-0.2, 0) is 0 Å². The molecule has 0 aliphatic carbocycles. The zero-order valence-corrected chi connectivity index (χ0v) is 14.3. The largest absolute Gasteiger partial charge is 0.486 e. The Bertz CT molecular complexity index is 785. The van der Waals surface area contributed by atoms with E-state index in [1.165, 1.54) is 0 Å². The number of benzene rings is 1. The van der Waals surface area contributed by atoms with Crippen LogP contribution < -0.4 is 9.47 Å². The van der Waals surface area contributed by atoms with Gasteiger partial charge in [0.25, 0.3) is 5.91 Å². The summed E-state index contributed by atoms with van der Waals surface area (Å²) in [6, 6.07) is 5.42. The number of likely N-dealkylation sites (tertiary alicyclic amines) is 1. The van der Waals surface area contributed by atoms with Crippen LogP contribution in [0.4, 0.5) is 0 Å². The predicted molar refractivity (Wildman–Crippen MR) is 92.1 cm³/mol. The maximum Gasteiger partial charge on any atom is 0.253 e. The highest BCUT2D eigenvalue weighted by molar-refractivity contribution is 5.95. The second-order valence-electron chi connectivity index (χ2n) is 6.51. The number of carbonyl (C=O) groups is 1. The molecule has 3 heterocycles. The van der Waals surface area contributed by atoms with E-state index in [0.717, 1.165) is 37.3 Å². The summed E-state index contributed by atoms with van der Waals surface area (Å²) in [5.74, 6) is 1.78. The smallest absolute Gasteiger partial charge is 0.253 e. The van der Waals surface area contributed by atoms with Crippen molar-refractivity contribution in [1.29, 1.82) is 0 Å². The van der Waals surface area contributed by atoms with E-state index in [2.05, 4.69) is 9.97 Å². The maximum atomic E-state index is 12.8. The number of ether oxygens (including phenoxy) is 2. The Morgan fingerprint density at radius 1 is 1.12 bits per heavy atom. The van der Waals surface area contributed by atoms with Crippen molar-refractivity contribution in [2.24, 2.45) is 0 Å². The number of piperidine rings is 1. The Morgan fingerprint density at radius 2 is 1.88 bits per heavy atom. The highest BCUT2D eigenvalue weighted by Gasteiger charge is 2.26. The third-order valence-corrected chi connectivity index (χ3v) is 4.76. The Balaban J connectivity index is 1.43. The molecular formula is C19H21N3O3. The van der Waals surface area contributed by atoms with E-state index in [1.54, 1.807) is 12.3 Å². The van der Waals surface area contributed by atoms with Gasteiger partial charge >= 0.3 is 0 Å². The van der Waals surface area contributed by atoms with Gasteiger partial charge in [-0.3, -0.25) is 14.8 Å². The molecule has 0 bridgehead atoms. The molecule has 6 nitrogen and oxygen atoms in total. The Morgan fingerprint density at radius 3 is 2.64 bits per heavy atom. The van der Waals surface area contributed by atoms with Gasteiger partial charge in [0.2, 0.25) is 0 Å². The third kappa shape index (κ3) is 3.29. The molecule has 2 aromatic rings. The monoisotopic (exact) mass is 339 g/mol. The molecule has 0 unspecified atom stereocenters. The van der Waals surface area contributed by atoms with Gasteiger partial charge in [-0.05, 0) is 38.0 Å². The van der Waals surface area contributed by atoms with Crippen LogP contribution in [0.5, 0.6) is 11.5 Å². The van der Waals surface area contributed by atoms with Crippen molar-refractivity contribution in [1.82, 2.24) is 14.9 Å². The van der Waals surface area contributed by atoms with E-state index < -0.39 is 0 Å². The van der Waals surface area contributed by atoms with Crippen molar-refractivity contribution in [3.05, 3.63) is 47.5 Å². The van der Waals surface area contributed by atoms with Gasteiger partial charge in [0.15, 0.2) is 11.5 Å². The van der Waals surface area contributed by atoms with Crippen LogP contribution in [0.15, 0.2) is 30.6 Å². The first kappa shape index (κ1) is 15.9. The number of amides is 1. The summed E-state index contributed by atoms with van der Waals surface area (Å²) in [6.45, 7) is 4.49. The first-order valence-electron chi connectivity index (χ1n) is 8.68. The highest BCUT2D eigenvalue weighted by Crippen LogP contribution is 2.32. The number of hydrogen-bond donors (Lipinski definition) is 0. The fourth-order valence-electron chi connectivity index (χ4n) is 3.42. The Hall–Kier alpha value is -2.63. The average Bonchev–Trinajstić information content (AvgIpc) is 2.67. The van der Waals surface area contributed by atoms with Crippen molar-refractivity contribution in [2.45, 2.75) is 25.7 Å². The summed E-state index contributed by atoms with van der Waals surface area (Å²) in [5.41, 5.74) is 2.62. The van der Waals surface area contributed by atoms with E-state index in [-0.39, 0.29) is 5.91 Å². The van der Waals surface area contributed by atoms with Crippen molar-refractivity contribution in [3.8, 4) is 11.5 Å². The van der Waals surface area contributed by atoms with E-state index in [9.17, 15) is 4.79 Å². The van der Waals surface area contributed by atoms with Gasteiger partial charge in [-0.2, -0.15) is 0 Å². The summed E-state index contributed by atoms with van der Waals surface area (Å²) in [7, 11) is 0. The Kier molecular flexibility index (Phi) is 4.26. The lowest BCUT2D eigenvalue weighted by Crippen LogP contribution is -2.38. The topological polar surface area (TPSA) is 64.6 Å². The van der Waals surface area contributed by atoms with Crippen molar-refractivity contribution in [2.75, 3.05) is 26.3 Å². The lowest BCUT2D eigenvalue weighted by molar-refractivity contribution is 0.0711. The van der Waals surface area contributed by atoms with Crippen molar-refractivity contribution < 1.29 is 14.3 Å². The van der Waals surface area contributed by atoms with Gasteiger partial charge in [0, 0.05) is 37.0 Å². The summed E-state index contributed by atoms with van der Waals surface area (Å²) < 4.78 is 11.1. The van der Waals surface area contributed by atoms with Gasteiger partial charge < -0.3 is 14.4 Å². The predicted octanol–water partition coefficient (Wildman–Crippen LogP) is 2.58. The second kappa shape index (κ2) is 6.70. The van der Waals surface area contributed by atoms with Gasteiger partial charge in [-0.25, -0.2) is 0 Å². The molecular weight excluding hydrogens is 318 g/mol. The molecule has 4 rings (SSSR count). The number of aromatic nitrogens is 2. The molecule has 1 fully saturated rings. The normalized spacial score (nSPS) is 17.4. The summed E-state index contributed by atoms with van der Waals surface area (Å²) in [4.78, 5) is 23.5. The Labute approximate surface area is 146 Å². The summed E-state index contributed by atoms with van der Waals surface area (Å²) >= 11 is 0. The van der Waals surface area contributed by atoms with Crippen molar-refractivity contribution >= 4 is 5.91 Å². The number of nitrogens with zero attached hydrogens (tertiary/aromatic N) is 3. The van der Waals surface area contributed by atoms with Crippen LogP contribution in [0.3, 0.4) is 0 Å². The first-order valence-corrected chi connectivity index (χ1v) is 8.68. The summed E-state index contributed by atoms with van der Waals surface area (Å²) in [6.07, 6.45) is 5.43. The molecule has 2 aliphatic heterocycles. The van der Waals surface area contributed by atoms with E-state index >= 15 is 0 Å². The van der Waals surface area contributed by atoms with Crippen LogP contribution >= 0.6 is 0 Å². The molecule has 6 heteroatoms.